The van der Waals surface area contributed by atoms with Gasteiger partial charge in [0.2, 0.25) is 0 Å². The van der Waals surface area contributed by atoms with Crippen LogP contribution in [0.1, 0.15) is 15.9 Å². The summed E-state index contributed by atoms with van der Waals surface area (Å²) in [6.45, 7) is 0. The molecule has 5 aromatic rings. The maximum Gasteiger partial charge on any atom is 0.347 e. The second-order valence-electron chi connectivity index (χ2n) is 7.22. The lowest BCUT2D eigenvalue weighted by Gasteiger charge is -2.08. The van der Waals surface area contributed by atoms with E-state index in [-0.39, 0.29) is 21.0 Å². The molecule has 0 fully saturated rings. The van der Waals surface area contributed by atoms with E-state index in [4.69, 9.17) is 16.0 Å². The Morgan fingerprint density at radius 2 is 1.67 bits per heavy atom. The van der Waals surface area contributed by atoms with Gasteiger partial charge < -0.3 is 4.42 Å². The highest BCUT2D eigenvalue weighted by Crippen LogP contribution is 2.28. The Bertz CT molecular complexity index is 1700. The number of rotatable bonds is 5. The van der Waals surface area contributed by atoms with Crippen LogP contribution in [-0.2, 0) is 10.0 Å². The van der Waals surface area contributed by atoms with Crippen LogP contribution in [0.3, 0.4) is 0 Å². The first-order valence-electron chi connectivity index (χ1n) is 9.70. The summed E-state index contributed by atoms with van der Waals surface area (Å²) in [6.07, 6.45) is 0. The van der Waals surface area contributed by atoms with Crippen LogP contribution < -0.4 is 10.3 Å². The number of carbonyl (C=O) groups excluding carboxylic acids is 1. The molecule has 0 unspecified atom stereocenters. The van der Waals surface area contributed by atoms with Gasteiger partial charge in [-0.25, -0.2) is 13.2 Å². The average Bonchev–Trinajstić information content (AvgIpc) is 3.26. The van der Waals surface area contributed by atoms with Gasteiger partial charge in [0.25, 0.3) is 10.0 Å². The molecule has 3 aromatic carbocycles. The normalized spacial score (nSPS) is 11.7. The van der Waals surface area contributed by atoms with E-state index < -0.39 is 21.4 Å². The van der Waals surface area contributed by atoms with Crippen LogP contribution in [0.25, 0.3) is 21.7 Å². The minimum atomic E-state index is -3.80. The molecule has 33 heavy (non-hydrogen) atoms. The zero-order chi connectivity index (χ0) is 23.2. The summed E-state index contributed by atoms with van der Waals surface area (Å²) < 4.78 is 33.2. The van der Waals surface area contributed by atoms with Crippen molar-refractivity contribution >= 4 is 66.2 Å². The van der Waals surface area contributed by atoms with Gasteiger partial charge in [0.1, 0.15) is 15.4 Å². The van der Waals surface area contributed by atoms with E-state index in [1.807, 2.05) is 30.3 Å². The minimum absolute atomic E-state index is 0.0775. The van der Waals surface area contributed by atoms with Crippen molar-refractivity contribution in [1.29, 1.82) is 0 Å². The predicted molar refractivity (Wildman–Crippen MR) is 130 cm³/mol. The molecule has 0 saturated heterocycles. The maximum absolute atomic E-state index is 13.1. The minimum Gasteiger partial charge on any atom is -0.422 e. The van der Waals surface area contributed by atoms with Gasteiger partial charge in [-0.2, -0.15) is 0 Å². The fourth-order valence-electron chi connectivity index (χ4n) is 3.52. The molecular formula is C24H14ClNO5S2. The molecule has 0 spiro atoms. The summed E-state index contributed by atoms with van der Waals surface area (Å²) in [5.74, 6) is -0.516. The summed E-state index contributed by atoms with van der Waals surface area (Å²) in [4.78, 5) is 25.6. The van der Waals surface area contributed by atoms with Crippen LogP contribution in [0.4, 0.5) is 5.69 Å². The van der Waals surface area contributed by atoms with Crippen molar-refractivity contribution in [3.8, 4) is 0 Å². The molecule has 9 heteroatoms. The Morgan fingerprint density at radius 1 is 0.909 bits per heavy atom. The van der Waals surface area contributed by atoms with E-state index >= 15 is 0 Å². The monoisotopic (exact) mass is 495 g/mol. The van der Waals surface area contributed by atoms with Gasteiger partial charge in [-0.1, -0.05) is 41.9 Å². The number of nitrogens with one attached hydrogen (secondary N) is 1. The van der Waals surface area contributed by atoms with Gasteiger partial charge in [-0.15, -0.1) is 11.3 Å². The van der Waals surface area contributed by atoms with E-state index in [9.17, 15) is 18.0 Å². The van der Waals surface area contributed by atoms with Gasteiger partial charge in [0, 0.05) is 16.6 Å². The van der Waals surface area contributed by atoms with Crippen LogP contribution in [0.15, 0.2) is 92.3 Å². The molecule has 1 N–H and O–H groups in total. The fourth-order valence-corrected chi connectivity index (χ4v) is 6.06. The molecule has 2 aromatic heterocycles. The Labute approximate surface area is 197 Å². The molecule has 0 amide bonds. The number of hydrogen-bond donors (Lipinski definition) is 1. The topological polar surface area (TPSA) is 93.4 Å². The number of thiophene rings is 1. The molecule has 6 nitrogen and oxygen atoms in total. The van der Waals surface area contributed by atoms with Crippen molar-refractivity contribution < 1.29 is 17.6 Å². The summed E-state index contributed by atoms with van der Waals surface area (Å²) in [5, 5.41) is 2.49. The van der Waals surface area contributed by atoms with Crippen molar-refractivity contribution in [2.24, 2.45) is 0 Å². The molecule has 0 radical (unpaired) electrons. The van der Waals surface area contributed by atoms with Crippen LogP contribution in [0, 0.1) is 0 Å². The standard InChI is InChI=1S/C24H14ClNO5S2/c25-21-11-12-22(32-21)33(29,30)26-16-8-5-15(6-9-16)23(27)19-13-18-17-4-2-1-3-14(17)7-10-20(18)31-24(19)28/h1-13,26H. The Balaban J connectivity index is 1.48. The molecule has 164 valence electrons. The number of benzene rings is 3. The summed E-state index contributed by atoms with van der Waals surface area (Å²) in [7, 11) is -3.80. The highest BCUT2D eigenvalue weighted by atomic mass is 35.5. The smallest absolute Gasteiger partial charge is 0.347 e. The first kappa shape index (κ1) is 21.4. The summed E-state index contributed by atoms with van der Waals surface area (Å²) >= 11 is 6.76. The number of halogens is 1. The van der Waals surface area contributed by atoms with Crippen LogP contribution in [0.2, 0.25) is 4.34 Å². The molecule has 0 aliphatic heterocycles. The molecule has 0 aliphatic rings. The molecule has 0 saturated carbocycles. The van der Waals surface area contributed by atoms with Crippen molar-refractivity contribution in [3.05, 3.63) is 105 Å². The second kappa shape index (κ2) is 8.15. The van der Waals surface area contributed by atoms with Crippen molar-refractivity contribution in [1.82, 2.24) is 0 Å². The Morgan fingerprint density at radius 3 is 2.39 bits per heavy atom. The maximum atomic E-state index is 13.1. The van der Waals surface area contributed by atoms with Gasteiger partial charge in [0.05, 0.1) is 4.34 Å². The molecule has 0 atom stereocenters. The van der Waals surface area contributed by atoms with E-state index in [1.54, 1.807) is 12.1 Å². The van der Waals surface area contributed by atoms with Gasteiger partial charge in [0.15, 0.2) is 5.78 Å². The molecule has 5 rings (SSSR count). The lowest BCUT2D eigenvalue weighted by molar-refractivity contribution is 0.103. The summed E-state index contributed by atoms with van der Waals surface area (Å²) in [6, 6.07) is 21.4. The number of fused-ring (bicyclic) bond motifs is 3. The van der Waals surface area contributed by atoms with E-state index in [0.29, 0.717) is 15.3 Å². The van der Waals surface area contributed by atoms with Crippen molar-refractivity contribution in [2.75, 3.05) is 4.72 Å². The number of hydrogen-bond acceptors (Lipinski definition) is 6. The van der Waals surface area contributed by atoms with E-state index in [0.717, 1.165) is 22.1 Å². The number of anilines is 1. The molecule has 0 bridgehead atoms. The first-order valence-corrected chi connectivity index (χ1v) is 12.4. The largest absolute Gasteiger partial charge is 0.422 e. The quantitative estimate of drug-likeness (QED) is 0.192. The third-order valence-electron chi connectivity index (χ3n) is 5.10. The number of ketones is 1. The van der Waals surface area contributed by atoms with E-state index in [2.05, 4.69) is 4.72 Å². The highest BCUT2D eigenvalue weighted by molar-refractivity contribution is 7.94. The molecule has 2 heterocycles. The lowest BCUT2D eigenvalue weighted by Crippen LogP contribution is -2.15. The SMILES string of the molecule is O=C(c1ccc(NS(=O)(=O)c2ccc(Cl)s2)cc1)c1cc2c(ccc3ccccc32)oc1=O. The highest BCUT2D eigenvalue weighted by Gasteiger charge is 2.19. The zero-order valence-corrected chi connectivity index (χ0v) is 19.1. The van der Waals surface area contributed by atoms with Crippen molar-refractivity contribution in [3.63, 3.8) is 0 Å². The first-order chi connectivity index (χ1) is 15.8. The zero-order valence-electron chi connectivity index (χ0n) is 16.7. The van der Waals surface area contributed by atoms with Gasteiger partial charge >= 0.3 is 5.63 Å². The average molecular weight is 496 g/mol. The molecule has 0 aliphatic carbocycles. The third-order valence-corrected chi connectivity index (χ3v) is 8.20. The van der Waals surface area contributed by atoms with Gasteiger partial charge in [-0.3, -0.25) is 9.52 Å². The Hall–Kier alpha value is -3.46. The van der Waals surface area contributed by atoms with Crippen molar-refractivity contribution in [2.45, 2.75) is 4.21 Å². The summed E-state index contributed by atoms with van der Waals surface area (Å²) in [5.41, 5.74) is 0.0628. The second-order valence-corrected chi connectivity index (χ2v) is 10.8. The number of carbonyl (C=O) groups is 1. The molecular weight excluding hydrogens is 482 g/mol. The van der Waals surface area contributed by atoms with Crippen LogP contribution in [-0.4, -0.2) is 14.2 Å². The van der Waals surface area contributed by atoms with Crippen LogP contribution >= 0.6 is 22.9 Å². The third kappa shape index (κ3) is 4.04. The fraction of sp³-hybridized carbons (Fsp3) is 0. The van der Waals surface area contributed by atoms with Gasteiger partial charge in [-0.05, 0) is 59.3 Å². The van der Waals surface area contributed by atoms with Crippen LogP contribution in [0.5, 0.6) is 0 Å². The lowest BCUT2D eigenvalue weighted by atomic mass is 10.0. The number of sulfonamides is 1. The predicted octanol–water partition coefficient (Wildman–Crippen LogP) is 5.69. The Kier molecular flexibility index (Phi) is 5.28. The van der Waals surface area contributed by atoms with E-state index in [1.165, 1.54) is 36.4 Å².